The third-order valence-electron chi connectivity index (χ3n) is 4.20. The summed E-state index contributed by atoms with van der Waals surface area (Å²) < 4.78 is 1.73. The van der Waals surface area contributed by atoms with Gasteiger partial charge in [-0.15, -0.1) is 0 Å². The van der Waals surface area contributed by atoms with Gasteiger partial charge in [0, 0.05) is 42.5 Å². The first-order chi connectivity index (χ1) is 14.2. The zero-order chi connectivity index (χ0) is 20.2. The molecule has 9 nitrogen and oxygen atoms in total. The van der Waals surface area contributed by atoms with E-state index in [0.29, 0.717) is 34.8 Å². The molecule has 0 aliphatic rings. The molecule has 4 heterocycles. The molecule has 4 rings (SSSR count). The summed E-state index contributed by atoms with van der Waals surface area (Å²) in [6.07, 6.45) is 9.79. The number of fused-ring (bicyclic) bond motifs is 1. The average Bonchev–Trinajstić information content (AvgIpc) is 3.12. The highest BCUT2D eigenvalue weighted by Crippen LogP contribution is 2.29. The summed E-state index contributed by atoms with van der Waals surface area (Å²) in [5.74, 6) is 0.364. The van der Waals surface area contributed by atoms with Gasteiger partial charge in [0.05, 0.1) is 29.2 Å². The Labute approximate surface area is 166 Å². The van der Waals surface area contributed by atoms with Crippen molar-refractivity contribution in [2.75, 3.05) is 11.9 Å². The number of carbonyl (C=O) groups is 1. The van der Waals surface area contributed by atoms with Gasteiger partial charge in [-0.2, -0.15) is 5.26 Å². The largest absolute Gasteiger partial charge is 0.338 e. The van der Waals surface area contributed by atoms with Crippen molar-refractivity contribution in [2.45, 2.75) is 6.92 Å². The van der Waals surface area contributed by atoms with Crippen LogP contribution in [-0.2, 0) is 0 Å². The lowest BCUT2D eigenvalue weighted by molar-refractivity contribution is 0.252. The third kappa shape index (κ3) is 3.59. The first-order valence-corrected chi connectivity index (χ1v) is 8.88. The van der Waals surface area contributed by atoms with E-state index in [-0.39, 0.29) is 6.03 Å². The maximum atomic E-state index is 12.0. The lowest BCUT2D eigenvalue weighted by Gasteiger charge is -2.05. The number of nitrogens with one attached hydrogen (secondary N) is 2. The third-order valence-corrected chi connectivity index (χ3v) is 4.20. The number of anilines is 1. The van der Waals surface area contributed by atoms with Gasteiger partial charge >= 0.3 is 6.03 Å². The molecule has 4 aromatic rings. The van der Waals surface area contributed by atoms with E-state index in [0.717, 1.165) is 11.1 Å². The molecule has 29 heavy (non-hydrogen) atoms. The fourth-order valence-corrected chi connectivity index (χ4v) is 2.88. The van der Waals surface area contributed by atoms with E-state index >= 15 is 0 Å². The number of aromatic nitrogens is 5. The van der Waals surface area contributed by atoms with Crippen LogP contribution in [0.15, 0.2) is 55.4 Å². The highest BCUT2D eigenvalue weighted by atomic mass is 16.2. The predicted molar refractivity (Wildman–Crippen MR) is 107 cm³/mol. The van der Waals surface area contributed by atoms with Crippen molar-refractivity contribution >= 4 is 22.8 Å². The summed E-state index contributed by atoms with van der Waals surface area (Å²) in [6.45, 7) is 2.34. The van der Waals surface area contributed by atoms with Crippen LogP contribution in [0.25, 0.3) is 28.1 Å². The Balaban J connectivity index is 1.86. The molecule has 0 saturated carbocycles. The van der Waals surface area contributed by atoms with E-state index in [1.807, 2.05) is 31.2 Å². The van der Waals surface area contributed by atoms with Gasteiger partial charge in [-0.3, -0.25) is 14.5 Å². The maximum absolute atomic E-state index is 12.0. The number of hydrogen-bond donors (Lipinski definition) is 2. The Bertz CT molecular complexity index is 1210. The standard InChI is InChI=1S/C20H16N8O/c1-2-23-20(29)27-16-12-28(19-25-8-13(7-21)9-26-19)17-6-15(11-24-18(16)17)14-4-3-5-22-10-14/h3-6,8-12H,2H2,1H3,(H2,23,27,29). The average molecular weight is 384 g/mol. The smallest absolute Gasteiger partial charge is 0.319 e. The molecule has 0 atom stereocenters. The number of rotatable bonds is 4. The van der Waals surface area contributed by atoms with Crippen LogP contribution in [-0.4, -0.2) is 37.1 Å². The molecule has 2 N–H and O–H groups in total. The lowest BCUT2D eigenvalue weighted by atomic mass is 10.1. The van der Waals surface area contributed by atoms with E-state index in [4.69, 9.17) is 5.26 Å². The van der Waals surface area contributed by atoms with E-state index in [1.165, 1.54) is 12.4 Å². The van der Waals surface area contributed by atoms with Gasteiger partial charge in [0.1, 0.15) is 11.6 Å². The number of amides is 2. The van der Waals surface area contributed by atoms with Gasteiger partial charge in [0.15, 0.2) is 0 Å². The Hall–Kier alpha value is -4.32. The number of carbonyl (C=O) groups excluding carboxylic acids is 1. The van der Waals surface area contributed by atoms with Crippen LogP contribution in [0.3, 0.4) is 0 Å². The second-order valence-electron chi connectivity index (χ2n) is 6.11. The molecule has 0 unspecified atom stereocenters. The monoisotopic (exact) mass is 384 g/mol. The molecule has 0 bridgehead atoms. The normalized spacial score (nSPS) is 10.5. The highest BCUT2D eigenvalue weighted by molar-refractivity contribution is 6.00. The van der Waals surface area contributed by atoms with Crippen LogP contribution in [0, 0.1) is 11.3 Å². The highest BCUT2D eigenvalue weighted by Gasteiger charge is 2.16. The quantitative estimate of drug-likeness (QED) is 0.558. The molecule has 4 aromatic heterocycles. The summed E-state index contributed by atoms with van der Waals surface area (Å²) >= 11 is 0. The molecule has 0 aliphatic carbocycles. The number of hydrogen-bond acceptors (Lipinski definition) is 6. The Morgan fingerprint density at radius 3 is 2.69 bits per heavy atom. The van der Waals surface area contributed by atoms with E-state index in [2.05, 4.69) is 30.6 Å². The topological polar surface area (TPSA) is 121 Å². The minimum atomic E-state index is -0.328. The van der Waals surface area contributed by atoms with Crippen molar-refractivity contribution in [1.82, 2.24) is 29.8 Å². The van der Waals surface area contributed by atoms with Gasteiger partial charge in [-0.05, 0) is 19.1 Å². The van der Waals surface area contributed by atoms with E-state index in [9.17, 15) is 4.79 Å². The van der Waals surface area contributed by atoms with Gasteiger partial charge in [-0.1, -0.05) is 6.07 Å². The van der Waals surface area contributed by atoms with Crippen molar-refractivity contribution < 1.29 is 4.79 Å². The number of pyridine rings is 2. The second-order valence-corrected chi connectivity index (χ2v) is 6.11. The van der Waals surface area contributed by atoms with Gasteiger partial charge in [0.25, 0.3) is 0 Å². The Morgan fingerprint density at radius 2 is 2.00 bits per heavy atom. The fourth-order valence-electron chi connectivity index (χ4n) is 2.88. The van der Waals surface area contributed by atoms with Crippen molar-refractivity contribution in [3.05, 3.63) is 60.9 Å². The molecule has 0 saturated heterocycles. The van der Waals surface area contributed by atoms with Crippen molar-refractivity contribution in [3.63, 3.8) is 0 Å². The molecule has 0 spiro atoms. The number of nitrogens with zero attached hydrogens (tertiary/aromatic N) is 6. The Kier molecular flexibility index (Phi) is 4.82. The summed E-state index contributed by atoms with van der Waals surface area (Å²) in [4.78, 5) is 29.3. The van der Waals surface area contributed by atoms with Crippen molar-refractivity contribution in [2.24, 2.45) is 0 Å². The summed E-state index contributed by atoms with van der Waals surface area (Å²) in [6, 6.07) is 7.40. The molecule has 142 valence electrons. The summed E-state index contributed by atoms with van der Waals surface area (Å²) in [5.41, 5.74) is 3.97. The van der Waals surface area contributed by atoms with Crippen LogP contribution in [0.1, 0.15) is 12.5 Å². The lowest BCUT2D eigenvalue weighted by Crippen LogP contribution is -2.28. The Morgan fingerprint density at radius 1 is 1.17 bits per heavy atom. The SMILES string of the molecule is CCNC(=O)Nc1cn(-c2ncc(C#N)cn2)c2cc(-c3cccnc3)cnc12. The minimum Gasteiger partial charge on any atom is -0.338 e. The van der Waals surface area contributed by atoms with Crippen molar-refractivity contribution in [3.8, 4) is 23.1 Å². The molecular weight excluding hydrogens is 368 g/mol. The summed E-state index contributed by atoms with van der Waals surface area (Å²) in [7, 11) is 0. The zero-order valence-corrected chi connectivity index (χ0v) is 15.5. The van der Waals surface area contributed by atoms with Crippen LogP contribution >= 0.6 is 0 Å². The first kappa shape index (κ1) is 18.1. The van der Waals surface area contributed by atoms with Crippen LogP contribution in [0.4, 0.5) is 10.5 Å². The number of urea groups is 1. The molecule has 2 amide bonds. The fraction of sp³-hybridized carbons (Fsp3) is 0.100. The van der Waals surface area contributed by atoms with E-state index in [1.54, 1.807) is 29.4 Å². The molecule has 0 radical (unpaired) electrons. The maximum Gasteiger partial charge on any atom is 0.319 e. The predicted octanol–water partition coefficient (Wildman–Crippen LogP) is 2.89. The minimum absolute atomic E-state index is 0.328. The molecule has 0 aromatic carbocycles. The van der Waals surface area contributed by atoms with Crippen LogP contribution < -0.4 is 10.6 Å². The van der Waals surface area contributed by atoms with Gasteiger partial charge in [0.2, 0.25) is 5.95 Å². The van der Waals surface area contributed by atoms with Gasteiger partial charge < -0.3 is 10.6 Å². The first-order valence-electron chi connectivity index (χ1n) is 8.88. The second kappa shape index (κ2) is 7.74. The van der Waals surface area contributed by atoms with Crippen LogP contribution in [0.2, 0.25) is 0 Å². The molecule has 0 aliphatic heterocycles. The van der Waals surface area contributed by atoms with Gasteiger partial charge in [-0.25, -0.2) is 14.8 Å². The molecule has 9 heteroatoms. The molecular formula is C20H16N8O. The van der Waals surface area contributed by atoms with Crippen molar-refractivity contribution in [1.29, 1.82) is 5.26 Å². The zero-order valence-electron chi connectivity index (χ0n) is 15.5. The van der Waals surface area contributed by atoms with Crippen LogP contribution in [0.5, 0.6) is 0 Å². The molecule has 0 fully saturated rings. The van der Waals surface area contributed by atoms with E-state index < -0.39 is 0 Å². The summed E-state index contributed by atoms with van der Waals surface area (Å²) in [5, 5.41) is 14.5. The number of nitriles is 1.